The van der Waals surface area contributed by atoms with Crippen LogP contribution in [0.4, 0.5) is 4.79 Å². The summed E-state index contributed by atoms with van der Waals surface area (Å²) in [7, 11) is 0. The van der Waals surface area contributed by atoms with E-state index in [0.29, 0.717) is 0 Å². The van der Waals surface area contributed by atoms with Crippen molar-refractivity contribution in [1.29, 1.82) is 0 Å². The highest BCUT2D eigenvalue weighted by Crippen LogP contribution is 1.68. The van der Waals surface area contributed by atoms with E-state index in [-0.39, 0.29) is 6.61 Å². The van der Waals surface area contributed by atoms with Gasteiger partial charge in [-0.25, -0.2) is 4.79 Å². The fourth-order valence-electron chi connectivity index (χ4n) is 0. The van der Waals surface area contributed by atoms with Crippen molar-refractivity contribution >= 4 is 17.3 Å². The predicted octanol–water partition coefficient (Wildman–Crippen LogP) is -0.423. The summed E-state index contributed by atoms with van der Waals surface area (Å²) in [6.45, 7) is 1.39. The van der Waals surface area contributed by atoms with E-state index in [0.717, 1.165) is 0 Å². The van der Waals surface area contributed by atoms with Crippen molar-refractivity contribution in [3.05, 3.63) is 0 Å². The Labute approximate surface area is 80.0 Å². The Bertz CT molecular complexity index is 98.5. The van der Waals surface area contributed by atoms with Gasteiger partial charge in [0.15, 0.2) is 0 Å². The van der Waals surface area contributed by atoms with E-state index in [4.69, 9.17) is 25.2 Å². The lowest BCUT2D eigenvalue weighted by atomic mass is 10.5. The van der Waals surface area contributed by atoms with E-state index in [1.165, 1.54) is 6.92 Å². The number of hydrogen-bond donors (Lipinski definition) is 4. The summed E-state index contributed by atoms with van der Waals surface area (Å²) >= 11 is -0.611. The van der Waals surface area contributed by atoms with Crippen molar-refractivity contribution in [2.45, 2.75) is 13.0 Å². The van der Waals surface area contributed by atoms with Gasteiger partial charge in [0.1, 0.15) is 0 Å². The van der Waals surface area contributed by atoms with E-state index in [9.17, 15) is 4.55 Å². The van der Waals surface area contributed by atoms with E-state index in [2.05, 4.69) is 0 Å². The molecule has 0 aromatic rings. The van der Waals surface area contributed by atoms with Crippen LogP contribution < -0.4 is 0 Å². The predicted molar refractivity (Wildman–Crippen MR) is 49.4 cm³/mol. The van der Waals surface area contributed by atoms with E-state index >= 15 is 0 Å². The normalized spacial score (nSPS) is 10.4. The third-order valence-corrected chi connectivity index (χ3v) is 0.264. The quantitative estimate of drug-likeness (QED) is 0.441. The molecule has 0 fully saturated rings. The maximum Gasteiger partial charge on any atom is 0.503 e. The lowest BCUT2D eigenvalue weighted by Gasteiger charge is -1.90. The van der Waals surface area contributed by atoms with Crippen molar-refractivity contribution < 1.29 is 29.8 Å². The average molecular weight is 216 g/mol. The molecule has 0 aliphatic rings. The minimum absolute atomic E-state index is 0.139. The van der Waals surface area contributed by atoms with Crippen molar-refractivity contribution in [2.75, 3.05) is 19.1 Å². The molecule has 82 valence electrons. The van der Waals surface area contributed by atoms with Gasteiger partial charge in [0.05, 0.1) is 25.2 Å². The van der Waals surface area contributed by atoms with Crippen molar-refractivity contribution in [2.24, 2.45) is 0 Å². The standard InChI is InChI=1S/C3H8O2.C2H6OS.CH2O3/c1-3(5)2-4;1-4(2)3;2-1(3)4/h3-5H,2H2,1H3;1-2H3;(H2,2,3,4). The monoisotopic (exact) mass is 216 g/mol. The first-order valence-corrected chi connectivity index (χ1v) is 5.16. The summed E-state index contributed by atoms with van der Waals surface area (Å²) in [4.78, 5) is 8.56. The lowest BCUT2D eigenvalue weighted by Crippen LogP contribution is -2.03. The second-order valence-corrected chi connectivity index (χ2v) is 3.54. The molecule has 0 amide bonds. The number of aliphatic hydroxyl groups is 2. The molecule has 0 bridgehead atoms. The molecule has 0 heterocycles. The summed E-state index contributed by atoms with van der Waals surface area (Å²) in [5, 5.41) is 29.9. The van der Waals surface area contributed by atoms with Crippen LogP contribution in [0.25, 0.3) is 0 Å². The van der Waals surface area contributed by atoms with E-state index in [1.54, 1.807) is 12.5 Å². The maximum absolute atomic E-state index is 9.56. The smallest absolute Gasteiger partial charge is 0.503 e. The Morgan fingerprint density at radius 3 is 1.54 bits per heavy atom. The SMILES string of the molecule is CC(O)CO.C[S+](C)[O-].O=C(O)O. The first-order valence-electron chi connectivity index (χ1n) is 3.19. The molecule has 0 saturated carbocycles. The van der Waals surface area contributed by atoms with Gasteiger partial charge in [-0.1, -0.05) is 11.2 Å². The largest absolute Gasteiger partial charge is 0.617 e. The summed E-state index contributed by atoms with van der Waals surface area (Å²) in [6.07, 6.45) is 0.884. The fourth-order valence-corrected chi connectivity index (χ4v) is 0. The molecule has 0 saturated heterocycles. The molecule has 0 spiro atoms. The molecule has 0 aromatic heterocycles. The molecule has 0 radical (unpaired) electrons. The van der Waals surface area contributed by atoms with Crippen LogP contribution in [0, 0.1) is 0 Å². The molecule has 0 rings (SSSR count). The maximum atomic E-state index is 9.56. The third kappa shape index (κ3) is 461. The minimum atomic E-state index is -1.83. The van der Waals surface area contributed by atoms with E-state index < -0.39 is 23.4 Å². The molecule has 0 aliphatic heterocycles. The molecule has 0 aromatic carbocycles. The van der Waals surface area contributed by atoms with Gasteiger partial charge in [-0.15, -0.1) is 0 Å². The highest BCUT2D eigenvalue weighted by molar-refractivity contribution is 7.89. The highest BCUT2D eigenvalue weighted by Gasteiger charge is 1.83. The third-order valence-electron chi connectivity index (χ3n) is 0.264. The van der Waals surface area contributed by atoms with Gasteiger partial charge in [0.2, 0.25) is 0 Å². The zero-order chi connectivity index (χ0) is 11.4. The van der Waals surface area contributed by atoms with E-state index in [1.807, 2.05) is 0 Å². The fraction of sp³-hybridized carbons (Fsp3) is 0.833. The van der Waals surface area contributed by atoms with Crippen LogP contribution in [0.2, 0.25) is 0 Å². The summed E-state index contributed by atoms with van der Waals surface area (Å²) in [5.41, 5.74) is 0. The summed E-state index contributed by atoms with van der Waals surface area (Å²) < 4.78 is 9.56. The zero-order valence-electron chi connectivity index (χ0n) is 7.80. The second kappa shape index (κ2) is 14.0. The van der Waals surface area contributed by atoms with Crippen LogP contribution in [0.5, 0.6) is 0 Å². The first kappa shape index (κ1) is 18.3. The number of hydrogen-bond acceptors (Lipinski definition) is 4. The first-order chi connectivity index (χ1) is 5.73. The van der Waals surface area contributed by atoms with Crippen LogP contribution in [0.1, 0.15) is 6.92 Å². The molecule has 0 aliphatic carbocycles. The van der Waals surface area contributed by atoms with Gasteiger partial charge in [-0.3, -0.25) is 0 Å². The Balaban J connectivity index is -0.000000117. The molecule has 1 atom stereocenters. The van der Waals surface area contributed by atoms with Gasteiger partial charge in [0, 0.05) is 0 Å². The molecule has 6 nitrogen and oxygen atoms in total. The summed E-state index contributed by atoms with van der Waals surface area (Å²) in [6, 6.07) is 0. The molecular formula is C6H16O6S. The second-order valence-electron chi connectivity index (χ2n) is 2.06. The Morgan fingerprint density at radius 1 is 1.46 bits per heavy atom. The van der Waals surface area contributed by atoms with Crippen molar-refractivity contribution in [3.63, 3.8) is 0 Å². The van der Waals surface area contributed by atoms with Crippen LogP contribution in [-0.4, -0.2) is 56.4 Å². The molecule has 1 unspecified atom stereocenters. The molecule has 13 heavy (non-hydrogen) atoms. The van der Waals surface area contributed by atoms with Crippen LogP contribution in [-0.2, 0) is 11.2 Å². The van der Waals surface area contributed by atoms with Crippen molar-refractivity contribution in [3.8, 4) is 0 Å². The van der Waals surface area contributed by atoms with Gasteiger partial charge >= 0.3 is 6.16 Å². The Hall–Kier alpha value is -0.500. The lowest BCUT2D eigenvalue weighted by molar-refractivity contribution is 0.110. The average Bonchev–Trinajstić information content (AvgIpc) is 1.84. The number of carboxylic acid groups (broad SMARTS) is 2. The number of aliphatic hydroxyl groups excluding tert-OH is 2. The van der Waals surface area contributed by atoms with Gasteiger partial charge < -0.3 is 25.0 Å². The van der Waals surface area contributed by atoms with Crippen LogP contribution >= 0.6 is 0 Å². The van der Waals surface area contributed by atoms with Gasteiger partial charge in [-0.05, 0) is 6.92 Å². The zero-order valence-corrected chi connectivity index (χ0v) is 8.61. The molecule has 4 N–H and O–H groups in total. The Morgan fingerprint density at radius 2 is 1.54 bits per heavy atom. The summed E-state index contributed by atoms with van der Waals surface area (Å²) in [5.74, 6) is 0. The van der Waals surface area contributed by atoms with Gasteiger partial charge in [-0.2, -0.15) is 0 Å². The Kier molecular flexibility index (Phi) is 19.8. The van der Waals surface area contributed by atoms with Crippen molar-refractivity contribution in [1.82, 2.24) is 0 Å². The van der Waals surface area contributed by atoms with Crippen LogP contribution in [0.3, 0.4) is 0 Å². The highest BCUT2D eigenvalue weighted by atomic mass is 32.2. The van der Waals surface area contributed by atoms with Crippen LogP contribution in [0.15, 0.2) is 0 Å². The number of carbonyl (C=O) groups is 1. The molecule has 7 heteroatoms. The minimum Gasteiger partial charge on any atom is -0.617 e. The van der Waals surface area contributed by atoms with Gasteiger partial charge in [0.25, 0.3) is 0 Å². The molecular weight excluding hydrogens is 200 g/mol. The number of rotatable bonds is 1. The topological polar surface area (TPSA) is 121 Å².